The average molecular weight is 1430 g/mol. The molecule has 0 spiro atoms. The maximum Gasteiger partial charge on any atom is 0.145 e. The van der Waals surface area contributed by atoms with Crippen molar-refractivity contribution >= 4 is 87.5 Å². The van der Waals surface area contributed by atoms with Crippen LogP contribution >= 0.6 is 0 Å². The molecule has 0 aliphatic rings. The Labute approximate surface area is 646 Å². The monoisotopic (exact) mass is 1430 g/mol. The molecule has 8 heterocycles. The largest absolute Gasteiger partial charge is 0.309 e. The predicted molar refractivity (Wildman–Crippen MR) is 465 cm³/mol. The van der Waals surface area contributed by atoms with E-state index in [0.29, 0.717) is 0 Å². The van der Waals surface area contributed by atoms with Crippen LogP contribution in [0.25, 0.3) is 200 Å². The summed E-state index contributed by atoms with van der Waals surface area (Å²) in [5.74, 6) is 0. The number of rotatable bonds is 12. The molecular formula is C104H68N8. The van der Waals surface area contributed by atoms with Gasteiger partial charge in [-0.05, 0) is 167 Å². The van der Waals surface area contributed by atoms with Crippen LogP contribution in [0.4, 0.5) is 0 Å². The summed E-state index contributed by atoms with van der Waals surface area (Å²) in [4.78, 5) is 20.6. The normalized spacial score (nSPS) is 11.6. The van der Waals surface area contributed by atoms with Gasteiger partial charge in [0.15, 0.2) is 0 Å². The first kappa shape index (κ1) is 65.2. The average Bonchev–Trinajstić information content (AvgIpc) is 1.59. The van der Waals surface area contributed by atoms with Gasteiger partial charge in [0, 0.05) is 112 Å². The van der Waals surface area contributed by atoms with Crippen LogP contribution in [0.1, 0.15) is 0 Å². The highest BCUT2D eigenvalue weighted by Crippen LogP contribution is 2.43. The highest BCUT2D eigenvalue weighted by atomic mass is 15.1. The Morgan fingerprint density at radius 1 is 0.152 bits per heavy atom. The molecule has 0 bridgehead atoms. The number of para-hydroxylation sites is 6. The van der Waals surface area contributed by atoms with Gasteiger partial charge in [-0.15, -0.1) is 0 Å². The van der Waals surface area contributed by atoms with Gasteiger partial charge in [-0.3, -0.25) is 9.13 Å². The van der Waals surface area contributed by atoms with E-state index in [1.54, 1.807) is 0 Å². The molecule has 0 amide bonds. The molecule has 8 nitrogen and oxygen atoms in total. The standard InChI is InChI=1S/2C52H34N4/c1-4-15-35(16-5-1)39-32-47(36-17-6-2-7-18-36)54-48(33-39)38-19-14-22-42(29-38)55-49-25-12-10-23-43(49)45-30-37(27-28-51(45)55)40-31-46-44-24-11-13-26-50(44)56(52(46)53-34-40)41-20-8-3-9-21-41;1-4-15-35(16-5-1)47-32-39(33-48(54-47)36-17-6-2-7-18-36)37-19-14-22-42(29-37)55-49-25-12-10-23-43(49)45-30-38(27-28-51(45)55)40-31-46-44-24-11-13-26-50(44)56(52(46)53-34-40)41-20-8-3-9-21-41/h2*1-34H. The van der Waals surface area contributed by atoms with Crippen LogP contribution in [0.15, 0.2) is 413 Å². The van der Waals surface area contributed by atoms with Crippen molar-refractivity contribution in [3.8, 4) is 112 Å². The molecule has 0 aliphatic heterocycles. The van der Waals surface area contributed by atoms with E-state index in [4.69, 9.17) is 19.9 Å². The first-order valence-corrected chi connectivity index (χ1v) is 38.0. The van der Waals surface area contributed by atoms with Crippen molar-refractivity contribution in [2.75, 3.05) is 0 Å². The number of nitrogens with zero attached hydrogens (tertiary/aromatic N) is 8. The van der Waals surface area contributed by atoms with Gasteiger partial charge >= 0.3 is 0 Å². The third-order valence-corrected chi connectivity index (χ3v) is 21.9. The van der Waals surface area contributed by atoms with Crippen LogP contribution in [-0.4, -0.2) is 38.2 Å². The smallest absolute Gasteiger partial charge is 0.145 e. The van der Waals surface area contributed by atoms with Crippen molar-refractivity contribution in [2.24, 2.45) is 0 Å². The molecule has 0 atom stereocenters. The van der Waals surface area contributed by atoms with Gasteiger partial charge < -0.3 is 9.13 Å². The third kappa shape index (κ3) is 11.6. The minimum absolute atomic E-state index is 0.937. The highest BCUT2D eigenvalue weighted by Gasteiger charge is 2.22. The van der Waals surface area contributed by atoms with E-state index < -0.39 is 0 Å². The zero-order valence-corrected chi connectivity index (χ0v) is 60.8. The van der Waals surface area contributed by atoms with Crippen LogP contribution < -0.4 is 0 Å². The van der Waals surface area contributed by atoms with Gasteiger partial charge in [-0.25, -0.2) is 19.9 Å². The Kier molecular flexibility index (Phi) is 16.1. The molecule has 0 fully saturated rings. The lowest BCUT2D eigenvalue weighted by Gasteiger charge is -2.13. The lowest BCUT2D eigenvalue weighted by molar-refractivity contribution is 1.14. The van der Waals surface area contributed by atoms with Crippen molar-refractivity contribution < 1.29 is 0 Å². The first-order valence-electron chi connectivity index (χ1n) is 38.0. The van der Waals surface area contributed by atoms with E-state index in [2.05, 4.69) is 400 Å². The Morgan fingerprint density at radius 2 is 0.429 bits per heavy atom. The zero-order valence-electron chi connectivity index (χ0n) is 60.8. The van der Waals surface area contributed by atoms with Crippen LogP contribution in [0.2, 0.25) is 0 Å². The molecule has 22 aromatic rings. The van der Waals surface area contributed by atoms with E-state index in [9.17, 15) is 0 Å². The Bertz CT molecular complexity index is 6790. The molecule has 0 radical (unpaired) electrons. The maximum atomic E-state index is 5.23. The summed E-state index contributed by atoms with van der Waals surface area (Å²) in [5.41, 5.74) is 30.4. The number of benzene rings is 14. The van der Waals surface area contributed by atoms with Crippen molar-refractivity contribution in [3.05, 3.63) is 413 Å². The van der Waals surface area contributed by atoms with E-state index >= 15 is 0 Å². The van der Waals surface area contributed by atoms with Gasteiger partial charge in [-0.1, -0.05) is 267 Å². The molecular weight excluding hydrogens is 1360 g/mol. The molecule has 112 heavy (non-hydrogen) atoms. The molecule has 0 N–H and O–H groups in total. The van der Waals surface area contributed by atoms with Crippen LogP contribution in [0.3, 0.4) is 0 Å². The van der Waals surface area contributed by atoms with E-state index in [0.717, 1.165) is 156 Å². The second-order valence-electron chi connectivity index (χ2n) is 28.6. The summed E-state index contributed by atoms with van der Waals surface area (Å²) in [6.07, 6.45) is 4.04. The first-order chi connectivity index (χ1) is 55.5. The fraction of sp³-hybridized carbons (Fsp3) is 0. The number of pyridine rings is 4. The van der Waals surface area contributed by atoms with Crippen LogP contribution in [0.5, 0.6) is 0 Å². The predicted octanol–water partition coefficient (Wildman–Crippen LogP) is 26.7. The lowest BCUT2D eigenvalue weighted by atomic mass is 9.99. The van der Waals surface area contributed by atoms with Crippen molar-refractivity contribution in [3.63, 3.8) is 0 Å². The summed E-state index contributed by atoms with van der Waals surface area (Å²) < 4.78 is 9.29. The summed E-state index contributed by atoms with van der Waals surface area (Å²) in [7, 11) is 0. The highest BCUT2D eigenvalue weighted by molar-refractivity contribution is 6.14. The Morgan fingerprint density at radius 3 is 0.839 bits per heavy atom. The van der Waals surface area contributed by atoms with Crippen LogP contribution in [-0.2, 0) is 0 Å². The SMILES string of the molecule is c1ccc(-c2cc(-c3cccc(-n4c5ccccc5c5cc(-c6cnc7c(c6)c6ccccc6n7-c6ccccc6)ccc54)c3)cc(-c3ccccc3)n2)cc1.c1ccc(-c2cc(-c3ccccc3)nc(-c3cccc(-n4c5ccccc5c5cc(-c6cnc7c(c6)c6ccccc6n7-c6ccccc6)ccc54)c3)c2)cc1. The van der Waals surface area contributed by atoms with Gasteiger partial charge in [-0.2, -0.15) is 0 Å². The summed E-state index contributed by atoms with van der Waals surface area (Å²) in [5, 5.41) is 9.50. The molecule has 0 unspecified atom stereocenters. The molecule has 8 aromatic heterocycles. The fourth-order valence-electron chi connectivity index (χ4n) is 16.6. The molecule has 8 heteroatoms. The van der Waals surface area contributed by atoms with E-state index in [1.165, 1.54) is 43.4 Å². The molecule has 524 valence electrons. The number of fused-ring (bicyclic) bond motifs is 12. The number of hydrogen-bond acceptors (Lipinski definition) is 4. The lowest BCUT2D eigenvalue weighted by Crippen LogP contribution is -1.96. The van der Waals surface area contributed by atoms with Crippen molar-refractivity contribution in [1.29, 1.82) is 0 Å². The third-order valence-electron chi connectivity index (χ3n) is 21.9. The summed E-state index contributed by atoms with van der Waals surface area (Å²) >= 11 is 0. The van der Waals surface area contributed by atoms with Crippen LogP contribution in [0, 0.1) is 0 Å². The topological polar surface area (TPSA) is 71.3 Å². The minimum atomic E-state index is 0.937. The molecule has 0 aliphatic carbocycles. The van der Waals surface area contributed by atoms with Crippen molar-refractivity contribution in [1.82, 2.24) is 38.2 Å². The Balaban J connectivity index is 0.000000141. The molecule has 14 aromatic carbocycles. The molecule has 22 rings (SSSR count). The van der Waals surface area contributed by atoms with Crippen molar-refractivity contribution in [2.45, 2.75) is 0 Å². The van der Waals surface area contributed by atoms with Gasteiger partial charge in [0.25, 0.3) is 0 Å². The van der Waals surface area contributed by atoms with Gasteiger partial charge in [0.1, 0.15) is 11.3 Å². The fourth-order valence-corrected chi connectivity index (χ4v) is 16.6. The van der Waals surface area contributed by atoms with Gasteiger partial charge in [0.05, 0.1) is 55.9 Å². The summed E-state index contributed by atoms with van der Waals surface area (Å²) in [6.45, 7) is 0. The zero-order chi connectivity index (χ0) is 74.0. The second kappa shape index (κ2) is 27.6. The number of hydrogen-bond donors (Lipinski definition) is 0. The van der Waals surface area contributed by atoms with E-state index in [1.807, 2.05) is 30.6 Å². The summed E-state index contributed by atoms with van der Waals surface area (Å²) in [6, 6.07) is 142. The quantitative estimate of drug-likeness (QED) is 0.122. The Hall–Kier alpha value is -15.1. The number of aromatic nitrogens is 8. The maximum absolute atomic E-state index is 5.23. The molecule has 0 saturated carbocycles. The van der Waals surface area contributed by atoms with E-state index in [-0.39, 0.29) is 0 Å². The second-order valence-corrected chi connectivity index (χ2v) is 28.6. The van der Waals surface area contributed by atoms with Gasteiger partial charge in [0.2, 0.25) is 0 Å². The minimum Gasteiger partial charge on any atom is -0.309 e. The molecule has 0 saturated heterocycles.